The molecule has 1 aromatic carbocycles. The Morgan fingerprint density at radius 1 is 1.14 bits per heavy atom. The van der Waals surface area contributed by atoms with Crippen LogP contribution in [0.4, 0.5) is 5.69 Å². The summed E-state index contributed by atoms with van der Waals surface area (Å²) in [6.45, 7) is 9.83. The lowest BCUT2D eigenvalue weighted by molar-refractivity contribution is 0.0635. The van der Waals surface area contributed by atoms with Crippen molar-refractivity contribution in [1.82, 2.24) is 9.21 Å². The number of sulfonamides is 1. The highest BCUT2D eigenvalue weighted by Crippen LogP contribution is 2.30. The monoisotopic (exact) mass is 423 g/mol. The highest BCUT2D eigenvalue weighted by Gasteiger charge is 2.30. The van der Waals surface area contributed by atoms with Gasteiger partial charge < -0.3 is 14.5 Å². The molecule has 0 bridgehead atoms. The van der Waals surface area contributed by atoms with Crippen LogP contribution in [-0.2, 0) is 14.8 Å². The zero-order valence-electron chi connectivity index (χ0n) is 17.8. The van der Waals surface area contributed by atoms with E-state index >= 15 is 0 Å². The minimum absolute atomic E-state index is 0.0738. The van der Waals surface area contributed by atoms with E-state index in [-0.39, 0.29) is 16.8 Å². The van der Waals surface area contributed by atoms with E-state index in [0.717, 1.165) is 31.5 Å². The third-order valence-corrected chi connectivity index (χ3v) is 8.00. The minimum atomic E-state index is -3.63. The second-order valence-corrected chi connectivity index (χ2v) is 9.65. The highest BCUT2D eigenvalue weighted by atomic mass is 32.2. The summed E-state index contributed by atoms with van der Waals surface area (Å²) in [5.74, 6) is -0.0738. The maximum absolute atomic E-state index is 13.5. The molecule has 2 aliphatic rings. The molecular weight excluding hydrogens is 390 g/mol. The lowest BCUT2D eigenvalue weighted by Crippen LogP contribution is -2.43. The van der Waals surface area contributed by atoms with Crippen LogP contribution in [0.15, 0.2) is 23.1 Å². The van der Waals surface area contributed by atoms with Crippen LogP contribution >= 0.6 is 0 Å². The summed E-state index contributed by atoms with van der Waals surface area (Å²) < 4.78 is 33.0. The van der Waals surface area contributed by atoms with Gasteiger partial charge in [-0.1, -0.05) is 13.8 Å². The van der Waals surface area contributed by atoms with Crippen molar-refractivity contribution in [3.8, 4) is 0 Å². The Morgan fingerprint density at radius 2 is 1.83 bits per heavy atom. The molecular formula is C21H33N3O4S. The predicted octanol–water partition coefficient (Wildman–Crippen LogP) is 2.57. The van der Waals surface area contributed by atoms with Gasteiger partial charge in [0.05, 0.1) is 23.7 Å². The van der Waals surface area contributed by atoms with Crippen LogP contribution in [0.5, 0.6) is 0 Å². The third kappa shape index (κ3) is 4.59. The Kier molecular flexibility index (Phi) is 7.19. The summed E-state index contributed by atoms with van der Waals surface area (Å²) in [5.41, 5.74) is 1.28. The standard InChI is InChI=1S/C21H33N3O4S/c1-4-23(5-2)29(26,27)18-9-10-20(22-12-14-28-15-13-22)19(16-18)21(25)24-11-7-6-8-17(24)3/h9-10,16-17H,4-8,11-15H2,1-3H3. The zero-order chi connectivity index (χ0) is 21.0. The zero-order valence-corrected chi connectivity index (χ0v) is 18.6. The van der Waals surface area contributed by atoms with E-state index in [1.807, 2.05) is 18.7 Å². The molecule has 2 heterocycles. The smallest absolute Gasteiger partial charge is 0.256 e. The fraction of sp³-hybridized carbons (Fsp3) is 0.667. The average Bonchev–Trinajstić information content (AvgIpc) is 2.74. The van der Waals surface area contributed by atoms with Crippen LogP contribution in [-0.4, -0.2) is 75.5 Å². The van der Waals surface area contributed by atoms with Crippen molar-refractivity contribution < 1.29 is 17.9 Å². The largest absolute Gasteiger partial charge is 0.378 e. The van der Waals surface area contributed by atoms with Gasteiger partial charge in [0.25, 0.3) is 5.91 Å². The number of benzene rings is 1. The summed E-state index contributed by atoms with van der Waals surface area (Å²) in [5, 5.41) is 0. The molecule has 0 spiro atoms. The molecule has 1 atom stereocenters. The molecule has 162 valence electrons. The van der Waals surface area contributed by atoms with Gasteiger partial charge in [0.2, 0.25) is 10.0 Å². The van der Waals surface area contributed by atoms with Crippen molar-refractivity contribution in [3.63, 3.8) is 0 Å². The number of morpholine rings is 1. The number of hydrogen-bond acceptors (Lipinski definition) is 5. The number of piperidine rings is 1. The summed E-state index contributed by atoms with van der Waals surface area (Å²) in [6.07, 6.45) is 3.09. The van der Waals surface area contributed by atoms with Crippen molar-refractivity contribution >= 4 is 21.6 Å². The Morgan fingerprint density at radius 3 is 2.45 bits per heavy atom. The summed E-state index contributed by atoms with van der Waals surface area (Å²) in [7, 11) is -3.63. The van der Waals surface area contributed by atoms with E-state index < -0.39 is 10.0 Å². The van der Waals surface area contributed by atoms with E-state index in [2.05, 4.69) is 11.8 Å². The average molecular weight is 424 g/mol. The van der Waals surface area contributed by atoms with Crippen LogP contribution in [0.25, 0.3) is 0 Å². The van der Waals surface area contributed by atoms with Crippen LogP contribution in [0.1, 0.15) is 50.4 Å². The quantitative estimate of drug-likeness (QED) is 0.703. The number of carbonyl (C=O) groups is 1. The van der Waals surface area contributed by atoms with Gasteiger partial charge >= 0.3 is 0 Å². The first-order valence-corrected chi connectivity index (χ1v) is 12.1. The van der Waals surface area contributed by atoms with Crippen molar-refractivity contribution in [2.45, 2.75) is 51.0 Å². The van der Waals surface area contributed by atoms with Crippen molar-refractivity contribution in [2.24, 2.45) is 0 Å². The van der Waals surface area contributed by atoms with E-state index in [1.54, 1.807) is 18.2 Å². The topological polar surface area (TPSA) is 70.2 Å². The molecule has 0 N–H and O–H groups in total. The first-order chi connectivity index (χ1) is 13.9. The SMILES string of the molecule is CCN(CC)S(=O)(=O)c1ccc(N2CCOCC2)c(C(=O)N2CCCCC2C)c1. The Balaban J connectivity index is 2.04. The number of carbonyl (C=O) groups excluding carboxylic acids is 1. The predicted molar refractivity (Wildman–Crippen MR) is 114 cm³/mol. The number of rotatable bonds is 6. The maximum Gasteiger partial charge on any atom is 0.256 e. The number of anilines is 1. The van der Waals surface area contributed by atoms with Crippen LogP contribution < -0.4 is 4.90 Å². The molecule has 1 amide bonds. The lowest BCUT2D eigenvalue weighted by Gasteiger charge is -2.36. The molecule has 0 radical (unpaired) electrons. The Labute approximate surface area is 174 Å². The first-order valence-electron chi connectivity index (χ1n) is 10.7. The molecule has 0 saturated carbocycles. The fourth-order valence-electron chi connectivity index (χ4n) is 4.19. The van der Waals surface area contributed by atoms with E-state index in [4.69, 9.17) is 4.74 Å². The highest BCUT2D eigenvalue weighted by molar-refractivity contribution is 7.89. The van der Waals surface area contributed by atoms with E-state index in [1.165, 1.54) is 4.31 Å². The van der Waals surface area contributed by atoms with Gasteiger partial charge in [-0.15, -0.1) is 0 Å². The molecule has 2 aliphatic heterocycles. The molecule has 3 rings (SSSR count). The number of amides is 1. The van der Waals surface area contributed by atoms with Gasteiger partial charge in [-0.2, -0.15) is 4.31 Å². The molecule has 2 saturated heterocycles. The second-order valence-electron chi connectivity index (χ2n) is 7.71. The van der Waals surface area contributed by atoms with Gasteiger partial charge in [0.1, 0.15) is 0 Å². The molecule has 0 aromatic heterocycles. The first kappa shape index (κ1) is 22.1. The van der Waals surface area contributed by atoms with E-state index in [0.29, 0.717) is 45.0 Å². The van der Waals surface area contributed by atoms with Gasteiger partial charge in [0.15, 0.2) is 0 Å². The number of nitrogens with zero attached hydrogens (tertiary/aromatic N) is 3. The van der Waals surface area contributed by atoms with Crippen molar-refractivity contribution in [2.75, 3.05) is 50.8 Å². The second kappa shape index (κ2) is 9.45. The third-order valence-electron chi connectivity index (χ3n) is 5.96. The van der Waals surface area contributed by atoms with Crippen LogP contribution in [0.2, 0.25) is 0 Å². The van der Waals surface area contributed by atoms with Gasteiger partial charge in [-0.25, -0.2) is 8.42 Å². The Bertz CT molecular complexity index is 817. The summed E-state index contributed by atoms with van der Waals surface area (Å²) in [4.78, 5) is 17.7. The van der Waals surface area contributed by atoms with E-state index in [9.17, 15) is 13.2 Å². The normalized spacial score (nSPS) is 20.9. The molecule has 2 fully saturated rings. The van der Waals surface area contributed by atoms with Crippen molar-refractivity contribution in [1.29, 1.82) is 0 Å². The summed E-state index contributed by atoms with van der Waals surface area (Å²) in [6, 6.07) is 5.18. The molecule has 1 aromatic rings. The maximum atomic E-state index is 13.5. The molecule has 1 unspecified atom stereocenters. The number of ether oxygens (including phenoxy) is 1. The Hall–Kier alpha value is -1.64. The van der Waals surface area contributed by atoms with Gasteiger partial charge in [-0.3, -0.25) is 4.79 Å². The molecule has 0 aliphatic carbocycles. The summed E-state index contributed by atoms with van der Waals surface area (Å²) >= 11 is 0. The van der Waals surface area contributed by atoms with Gasteiger partial charge in [0, 0.05) is 44.5 Å². The lowest BCUT2D eigenvalue weighted by atomic mass is 10.0. The number of hydrogen-bond donors (Lipinski definition) is 0. The fourth-order valence-corrected chi connectivity index (χ4v) is 5.68. The molecule has 8 heteroatoms. The molecule has 29 heavy (non-hydrogen) atoms. The minimum Gasteiger partial charge on any atom is -0.378 e. The number of likely N-dealkylation sites (tertiary alicyclic amines) is 1. The van der Waals surface area contributed by atoms with Crippen LogP contribution in [0, 0.1) is 0 Å². The van der Waals surface area contributed by atoms with Gasteiger partial charge in [-0.05, 0) is 44.4 Å². The van der Waals surface area contributed by atoms with Crippen LogP contribution in [0.3, 0.4) is 0 Å². The van der Waals surface area contributed by atoms with Crippen molar-refractivity contribution in [3.05, 3.63) is 23.8 Å². The molecule has 7 nitrogen and oxygen atoms in total.